The summed E-state index contributed by atoms with van der Waals surface area (Å²) >= 11 is 0. The van der Waals surface area contributed by atoms with Crippen LogP contribution in [0.5, 0.6) is 0 Å². The van der Waals surface area contributed by atoms with Crippen LogP contribution in [0.3, 0.4) is 0 Å². The van der Waals surface area contributed by atoms with Gasteiger partial charge >= 0.3 is 0 Å². The molecule has 3 rings (SSSR count). The maximum Gasteiger partial charge on any atom is 0.254 e. The molecule has 140 valence electrons. The first-order valence-electron chi connectivity index (χ1n) is 8.42. The number of nitrogens with two attached hydrogens (primary N) is 1. The highest BCUT2D eigenvalue weighted by molar-refractivity contribution is 5.99. The van der Waals surface area contributed by atoms with Crippen LogP contribution in [0.4, 0.5) is 5.69 Å². The molecular formula is C19H22N6O2. The summed E-state index contributed by atoms with van der Waals surface area (Å²) in [5.74, 6) is -0.0262. The number of hydrogen-bond acceptors (Lipinski definition) is 7. The highest BCUT2D eigenvalue weighted by Gasteiger charge is 2.36. The minimum Gasteiger partial charge on any atom is -0.403 e. The number of allylic oxidation sites excluding steroid dienone is 1. The maximum absolute atomic E-state index is 12.7. The Kier molecular flexibility index (Phi) is 6.93. The summed E-state index contributed by atoms with van der Waals surface area (Å²) in [5, 5.41) is 17.8. The number of fused-ring (bicyclic) bond motifs is 1. The van der Waals surface area contributed by atoms with Crippen molar-refractivity contribution in [1.82, 2.24) is 9.80 Å². The first kappa shape index (κ1) is 20.0. The number of nitriles is 2. The summed E-state index contributed by atoms with van der Waals surface area (Å²) < 4.78 is 4.25. The fourth-order valence-electron chi connectivity index (χ4n) is 3.03. The van der Waals surface area contributed by atoms with Crippen LogP contribution in [0.2, 0.25) is 0 Å². The van der Waals surface area contributed by atoms with Crippen molar-refractivity contribution in [2.75, 3.05) is 27.3 Å². The molecule has 0 aliphatic carbocycles. The Morgan fingerprint density at radius 3 is 2.74 bits per heavy atom. The lowest BCUT2D eigenvalue weighted by atomic mass is 10.1. The number of aliphatic imine (C=N–C) groups is 1. The van der Waals surface area contributed by atoms with Crippen molar-refractivity contribution >= 4 is 17.8 Å². The third-order valence-electron chi connectivity index (χ3n) is 4.33. The van der Waals surface area contributed by atoms with Gasteiger partial charge in [-0.3, -0.25) is 9.79 Å². The quantitative estimate of drug-likeness (QED) is 0.492. The monoisotopic (exact) mass is 366 g/mol. The molecule has 8 nitrogen and oxygen atoms in total. The number of carbonyl (C=O) groups is 1. The summed E-state index contributed by atoms with van der Waals surface area (Å²) in [5.41, 5.74) is 7.76. The molecule has 2 aliphatic rings. The Morgan fingerprint density at radius 2 is 2.15 bits per heavy atom. The zero-order valence-corrected chi connectivity index (χ0v) is 15.4. The number of rotatable bonds is 3. The summed E-state index contributed by atoms with van der Waals surface area (Å²) in [4.78, 5) is 20.4. The largest absolute Gasteiger partial charge is 0.403 e. The van der Waals surface area contributed by atoms with E-state index in [1.807, 2.05) is 23.1 Å². The van der Waals surface area contributed by atoms with Gasteiger partial charge in [-0.25, -0.2) is 0 Å². The molecule has 1 aromatic carbocycles. The predicted octanol–water partition coefficient (Wildman–Crippen LogP) is 1.53. The first-order valence-corrected chi connectivity index (χ1v) is 8.42. The summed E-state index contributed by atoms with van der Waals surface area (Å²) in [6.45, 7) is 1.85. The number of benzene rings is 1. The van der Waals surface area contributed by atoms with E-state index in [2.05, 4.69) is 15.9 Å². The van der Waals surface area contributed by atoms with E-state index in [1.54, 1.807) is 25.2 Å². The molecule has 0 radical (unpaired) electrons. The lowest BCUT2D eigenvalue weighted by Gasteiger charge is -2.23. The van der Waals surface area contributed by atoms with Gasteiger partial charge in [0.1, 0.15) is 6.07 Å². The van der Waals surface area contributed by atoms with Gasteiger partial charge in [-0.2, -0.15) is 10.5 Å². The van der Waals surface area contributed by atoms with E-state index in [1.165, 1.54) is 12.4 Å². The molecule has 27 heavy (non-hydrogen) atoms. The van der Waals surface area contributed by atoms with Crippen molar-refractivity contribution in [3.8, 4) is 12.3 Å². The average Bonchev–Trinajstić information content (AvgIpc) is 3.28. The minimum absolute atomic E-state index is 0.0262. The van der Waals surface area contributed by atoms with Crippen LogP contribution in [-0.2, 0) is 11.3 Å². The third kappa shape index (κ3) is 4.63. The highest BCUT2D eigenvalue weighted by atomic mass is 16.4. The lowest BCUT2D eigenvalue weighted by Crippen LogP contribution is -2.37. The Labute approximate surface area is 158 Å². The van der Waals surface area contributed by atoms with E-state index in [0.29, 0.717) is 30.9 Å². The topological polar surface area (TPSA) is 119 Å². The number of hydrogen-bond donors (Lipinski definition) is 1. The van der Waals surface area contributed by atoms with Gasteiger partial charge in [0.2, 0.25) is 0 Å². The highest BCUT2D eigenvalue weighted by Crippen LogP contribution is 2.30. The van der Waals surface area contributed by atoms with Crippen LogP contribution < -0.4 is 5.73 Å². The van der Waals surface area contributed by atoms with E-state index < -0.39 is 0 Å². The Morgan fingerprint density at radius 1 is 1.41 bits per heavy atom. The molecule has 1 saturated heterocycles. The van der Waals surface area contributed by atoms with Gasteiger partial charge in [-0.05, 0) is 24.1 Å². The van der Waals surface area contributed by atoms with Gasteiger partial charge in [0, 0.05) is 51.8 Å². The average molecular weight is 366 g/mol. The van der Waals surface area contributed by atoms with Gasteiger partial charge in [0.25, 0.3) is 5.91 Å². The summed E-state index contributed by atoms with van der Waals surface area (Å²) in [7, 11) is 3.25. The van der Waals surface area contributed by atoms with Crippen LogP contribution in [0.15, 0.2) is 35.0 Å². The maximum atomic E-state index is 12.7. The second kappa shape index (κ2) is 9.37. The number of nitrogens with zero attached hydrogens (tertiary/aromatic N) is 5. The van der Waals surface area contributed by atoms with E-state index in [0.717, 1.165) is 12.0 Å². The smallest absolute Gasteiger partial charge is 0.254 e. The molecule has 0 saturated carbocycles. The van der Waals surface area contributed by atoms with Gasteiger partial charge in [-0.15, -0.1) is 0 Å². The van der Waals surface area contributed by atoms with E-state index in [9.17, 15) is 4.79 Å². The van der Waals surface area contributed by atoms with Crippen molar-refractivity contribution in [1.29, 1.82) is 10.5 Å². The zero-order chi connectivity index (χ0) is 19.8. The molecule has 1 atom stereocenters. The molecule has 2 N–H and O–H groups in total. The van der Waals surface area contributed by atoms with Gasteiger partial charge in [-0.1, -0.05) is 6.07 Å². The molecule has 0 bridgehead atoms. The van der Waals surface area contributed by atoms with Crippen LogP contribution >= 0.6 is 0 Å². The first-order chi connectivity index (χ1) is 13.1. The standard InChI is InChI=1S/C17H16N6O.C2H6O/c18-6-12(7-19)8-21-14-2-1-13-9-23(17(24)16(13)5-14)15-3-4-22(10-15)11-20;1-3-2/h1-2,5-6,8,15H,3-4,9-10,18H2;1-2H3/b12-6-,21-8?;. The predicted molar refractivity (Wildman–Crippen MR) is 101 cm³/mol. The molecular weight excluding hydrogens is 344 g/mol. The van der Waals surface area contributed by atoms with Gasteiger partial charge in [0.05, 0.1) is 17.3 Å². The normalized spacial score (nSPS) is 18.7. The molecule has 2 aliphatic heterocycles. The van der Waals surface area contributed by atoms with E-state index in [-0.39, 0.29) is 17.5 Å². The molecule has 0 aromatic heterocycles. The molecule has 2 heterocycles. The van der Waals surface area contributed by atoms with Crippen molar-refractivity contribution in [3.05, 3.63) is 41.1 Å². The van der Waals surface area contributed by atoms with E-state index >= 15 is 0 Å². The van der Waals surface area contributed by atoms with Gasteiger partial charge < -0.3 is 20.3 Å². The Balaban J connectivity index is 0.000000817. The third-order valence-corrected chi connectivity index (χ3v) is 4.33. The Hall–Kier alpha value is -3.36. The molecule has 1 unspecified atom stereocenters. The number of likely N-dealkylation sites (tertiary alicyclic amines) is 1. The van der Waals surface area contributed by atoms with Crippen LogP contribution in [0.25, 0.3) is 0 Å². The fourth-order valence-corrected chi connectivity index (χ4v) is 3.03. The number of ether oxygens (including phenoxy) is 1. The van der Waals surface area contributed by atoms with Gasteiger partial charge in [0.15, 0.2) is 6.19 Å². The van der Waals surface area contributed by atoms with Crippen molar-refractivity contribution < 1.29 is 9.53 Å². The second-order valence-electron chi connectivity index (χ2n) is 6.16. The zero-order valence-electron chi connectivity index (χ0n) is 15.4. The van der Waals surface area contributed by atoms with Crippen LogP contribution in [0.1, 0.15) is 22.3 Å². The Bertz CT molecular complexity index is 834. The van der Waals surface area contributed by atoms with E-state index in [4.69, 9.17) is 16.3 Å². The molecule has 1 fully saturated rings. The molecule has 1 amide bonds. The lowest BCUT2D eigenvalue weighted by molar-refractivity contribution is 0.0712. The fraction of sp³-hybridized carbons (Fsp3) is 0.368. The van der Waals surface area contributed by atoms with Crippen molar-refractivity contribution in [3.63, 3.8) is 0 Å². The molecule has 1 aromatic rings. The summed E-state index contributed by atoms with van der Waals surface area (Å²) in [6, 6.07) is 7.42. The van der Waals surface area contributed by atoms with Crippen molar-refractivity contribution in [2.24, 2.45) is 10.7 Å². The molecule has 8 heteroatoms. The number of methoxy groups -OCH3 is 1. The SMILES string of the molecule is COC.N#C/C(C=Nc1ccc2c(c1)C(=O)N(C1CCN(C#N)C1)C2)=C/N. The number of carbonyl (C=O) groups excluding carboxylic acids is 1. The summed E-state index contributed by atoms with van der Waals surface area (Å²) in [6.07, 6.45) is 5.51. The molecule has 0 spiro atoms. The van der Waals surface area contributed by atoms with Crippen LogP contribution in [-0.4, -0.2) is 55.3 Å². The minimum atomic E-state index is -0.0262. The van der Waals surface area contributed by atoms with Crippen LogP contribution in [0, 0.1) is 22.8 Å². The number of amides is 1. The second-order valence-corrected chi connectivity index (χ2v) is 6.16. The van der Waals surface area contributed by atoms with Crippen molar-refractivity contribution in [2.45, 2.75) is 19.0 Å².